The molecule has 3 aromatic rings. The molecule has 0 saturated carbocycles. The Bertz CT molecular complexity index is 862. The van der Waals surface area contributed by atoms with Crippen molar-refractivity contribution in [1.29, 1.82) is 0 Å². The Morgan fingerprint density at radius 1 is 1.38 bits per heavy atom. The van der Waals surface area contributed by atoms with Crippen LogP contribution in [0.4, 0.5) is 0 Å². The Balaban J connectivity index is 1.48. The molecular formula is C16H18N6O2. The van der Waals surface area contributed by atoms with Gasteiger partial charge in [0.1, 0.15) is 0 Å². The SMILES string of the molecule is NC(=O)CN1CCC(c2nc(-c3ccc4nc[nH]c4c3)no2)CC1. The highest BCUT2D eigenvalue weighted by Gasteiger charge is 2.26. The second-order valence-corrected chi connectivity index (χ2v) is 6.11. The third kappa shape index (κ3) is 2.88. The summed E-state index contributed by atoms with van der Waals surface area (Å²) in [5, 5.41) is 4.11. The highest BCUT2D eigenvalue weighted by atomic mass is 16.5. The Morgan fingerprint density at radius 3 is 3.00 bits per heavy atom. The molecule has 2 aromatic heterocycles. The molecule has 1 aliphatic heterocycles. The molecule has 3 N–H and O–H groups in total. The van der Waals surface area contributed by atoms with Crippen LogP contribution in [0.25, 0.3) is 22.4 Å². The molecule has 0 unspecified atom stereocenters. The summed E-state index contributed by atoms with van der Waals surface area (Å²) in [6, 6.07) is 5.83. The maximum Gasteiger partial charge on any atom is 0.231 e. The molecule has 0 atom stereocenters. The van der Waals surface area contributed by atoms with Crippen molar-refractivity contribution in [2.75, 3.05) is 19.6 Å². The van der Waals surface area contributed by atoms with Crippen molar-refractivity contribution in [2.45, 2.75) is 18.8 Å². The summed E-state index contributed by atoms with van der Waals surface area (Å²) < 4.78 is 5.47. The zero-order valence-electron chi connectivity index (χ0n) is 13.1. The molecule has 24 heavy (non-hydrogen) atoms. The predicted molar refractivity (Wildman–Crippen MR) is 87.0 cm³/mol. The average Bonchev–Trinajstić information content (AvgIpc) is 3.23. The minimum absolute atomic E-state index is 0.228. The summed E-state index contributed by atoms with van der Waals surface area (Å²) in [6.45, 7) is 1.93. The quantitative estimate of drug-likeness (QED) is 0.746. The first kappa shape index (κ1) is 14.8. The van der Waals surface area contributed by atoms with Crippen LogP contribution in [0.2, 0.25) is 0 Å². The van der Waals surface area contributed by atoms with Gasteiger partial charge in [-0.25, -0.2) is 4.98 Å². The van der Waals surface area contributed by atoms with Gasteiger partial charge in [-0.3, -0.25) is 9.69 Å². The Hall–Kier alpha value is -2.74. The van der Waals surface area contributed by atoms with E-state index in [-0.39, 0.29) is 11.8 Å². The standard InChI is InChI=1S/C16H18N6O2/c17-14(23)8-22-5-3-10(4-6-22)16-20-15(21-24-16)11-1-2-12-13(7-11)19-9-18-12/h1-2,7,9-10H,3-6,8H2,(H2,17,23)(H,18,19). The number of nitrogens with one attached hydrogen (secondary N) is 1. The lowest BCUT2D eigenvalue weighted by Crippen LogP contribution is -2.39. The largest absolute Gasteiger partial charge is 0.369 e. The molecule has 1 fully saturated rings. The first-order valence-electron chi connectivity index (χ1n) is 7.97. The molecule has 0 bridgehead atoms. The van der Waals surface area contributed by atoms with Gasteiger partial charge in [0.05, 0.1) is 23.9 Å². The number of rotatable bonds is 4. The highest BCUT2D eigenvalue weighted by molar-refractivity contribution is 5.79. The number of nitrogens with two attached hydrogens (primary N) is 1. The molecule has 1 aromatic carbocycles. The fourth-order valence-electron chi connectivity index (χ4n) is 3.15. The number of amides is 1. The van der Waals surface area contributed by atoms with E-state index in [0.717, 1.165) is 42.5 Å². The number of piperidine rings is 1. The second kappa shape index (κ2) is 6.04. The van der Waals surface area contributed by atoms with Crippen molar-refractivity contribution >= 4 is 16.9 Å². The van der Waals surface area contributed by atoms with Crippen molar-refractivity contribution in [3.8, 4) is 11.4 Å². The van der Waals surface area contributed by atoms with Crippen LogP contribution in [-0.2, 0) is 4.79 Å². The summed E-state index contributed by atoms with van der Waals surface area (Å²) in [5.74, 6) is 1.18. The van der Waals surface area contributed by atoms with E-state index < -0.39 is 0 Å². The number of carbonyl (C=O) groups excluding carboxylic acids is 1. The molecule has 1 saturated heterocycles. The molecule has 8 nitrogen and oxygen atoms in total. The first-order chi connectivity index (χ1) is 11.7. The van der Waals surface area contributed by atoms with Crippen LogP contribution in [0, 0.1) is 0 Å². The summed E-state index contributed by atoms with van der Waals surface area (Å²) in [5.41, 5.74) is 7.99. The van der Waals surface area contributed by atoms with Crippen LogP contribution in [0.5, 0.6) is 0 Å². The molecule has 3 heterocycles. The van der Waals surface area contributed by atoms with Crippen molar-refractivity contribution < 1.29 is 9.32 Å². The van der Waals surface area contributed by atoms with E-state index in [4.69, 9.17) is 10.3 Å². The lowest BCUT2D eigenvalue weighted by molar-refractivity contribution is -0.119. The minimum Gasteiger partial charge on any atom is -0.369 e. The van der Waals surface area contributed by atoms with E-state index in [1.54, 1.807) is 6.33 Å². The van der Waals surface area contributed by atoms with Crippen LogP contribution < -0.4 is 5.73 Å². The third-order valence-electron chi connectivity index (χ3n) is 4.44. The molecule has 0 spiro atoms. The Kier molecular flexibility index (Phi) is 3.73. The molecule has 1 amide bonds. The van der Waals surface area contributed by atoms with E-state index in [9.17, 15) is 4.79 Å². The number of hydrogen-bond acceptors (Lipinski definition) is 6. The predicted octanol–water partition coefficient (Wildman–Crippen LogP) is 1.28. The van der Waals surface area contributed by atoms with Crippen LogP contribution in [0.15, 0.2) is 29.0 Å². The van der Waals surface area contributed by atoms with Crippen molar-refractivity contribution in [3.63, 3.8) is 0 Å². The number of H-pyrrole nitrogens is 1. The molecule has 8 heteroatoms. The van der Waals surface area contributed by atoms with Crippen molar-refractivity contribution in [3.05, 3.63) is 30.4 Å². The number of benzene rings is 1. The number of likely N-dealkylation sites (tertiary alicyclic amines) is 1. The van der Waals surface area contributed by atoms with Gasteiger partial charge >= 0.3 is 0 Å². The number of aromatic nitrogens is 4. The number of primary amides is 1. The molecule has 1 aliphatic rings. The molecule has 124 valence electrons. The van der Waals surface area contributed by atoms with Crippen LogP contribution in [-0.4, -0.2) is 50.5 Å². The van der Waals surface area contributed by atoms with E-state index in [0.29, 0.717) is 18.3 Å². The second-order valence-electron chi connectivity index (χ2n) is 6.11. The normalized spacial score (nSPS) is 16.7. The number of nitrogens with zero attached hydrogens (tertiary/aromatic N) is 4. The zero-order valence-corrected chi connectivity index (χ0v) is 13.1. The molecular weight excluding hydrogens is 308 g/mol. The smallest absolute Gasteiger partial charge is 0.231 e. The minimum atomic E-state index is -0.289. The van der Waals surface area contributed by atoms with E-state index in [1.165, 1.54) is 0 Å². The lowest BCUT2D eigenvalue weighted by Gasteiger charge is -2.29. The van der Waals surface area contributed by atoms with Gasteiger partial charge in [0.2, 0.25) is 17.6 Å². The van der Waals surface area contributed by atoms with Crippen molar-refractivity contribution in [1.82, 2.24) is 25.0 Å². The number of fused-ring (bicyclic) bond motifs is 1. The molecule has 0 aliphatic carbocycles. The Morgan fingerprint density at radius 2 is 2.21 bits per heavy atom. The number of hydrogen-bond donors (Lipinski definition) is 2. The van der Waals surface area contributed by atoms with Crippen LogP contribution >= 0.6 is 0 Å². The highest BCUT2D eigenvalue weighted by Crippen LogP contribution is 2.29. The zero-order chi connectivity index (χ0) is 16.5. The van der Waals surface area contributed by atoms with Gasteiger partial charge in [-0.15, -0.1) is 0 Å². The summed E-state index contributed by atoms with van der Waals surface area (Å²) >= 11 is 0. The lowest BCUT2D eigenvalue weighted by atomic mass is 9.97. The van der Waals surface area contributed by atoms with Crippen molar-refractivity contribution in [2.24, 2.45) is 5.73 Å². The van der Waals surface area contributed by atoms with Gasteiger partial charge in [-0.05, 0) is 44.1 Å². The fourth-order valence-corrected chi connectivity index (χ4v) is 3.15. The summed E-state index contributed by atoms with van der Waals surface area (Å²) in [4.78, 5) is 24.9. The van der Waals surface area contributed by atoms with Gasteiger partial charge < -0.3 is 15.2 Å². The molecule has 4 rings (SSSR count). The van der Waals surface area contributed by atoms with Gasteiger partial charge in [-0.2, -0.15) is 4.98 Å². The maximum atomic E-state index is 11.0. The Labute approximate surface area is 138 Å². The van der Waals surface area contributed by atoms with Gasteiger partial charge in [0.15, 0.2) is 0 Å². The van der Waals surface area contributed by atoms with Gasteiger partial charge in [0, 0.05) is 11.5 Å². The van der Waals surface area contributed by atoms with Gasteiger partial charge in [0.25, 0.3) is 0 Å². The summed E-state index contributed by atoms with van der Waals surface area (Å²) in [7, 11) is 0. The summed E-state index contributed by atoms with van der Waals surface area (Å²) in [6.07, 6.45) is 3.43. The maximum absolute atomic E-state index is 11.0. The number of imidazole rings is 1. The van der Waals surface area contributed by atoms with E-state index in [1.807, 2.05) is 18.2 Å². The first-order valence-corrected chi connectivity index (χ1v) is 7.97. The van der Waals surface area contributed by atoms with Crippen LogP contribution in [0.1, 0.15) is 24.7 Å². The average molecular weight is 326 g/mol. The van der Waals surface area contributed by atoms with E-state index in [2.05, 4.69) is 25.0 Å². The number of aromatic amines is 1. The monoisotopic (exact) mass is 326 g/mol. The fraction of sp³-hybridized carbons (Fsp3) is 0.375. The van der Waals surface area contributed by atoms with Gasteiger partial charge in [-0.1, -0.05) is 5.16 Å². The van der Waals surface area contributed by atoms with E-state index >= 15 is 0 Å². The third-order valence-corrected chi connectivity index (χ3v) is 4.44. The topological polar surface area (TPSA) is 114 Å². The number of carbonyl (C=O) groups is 1. The van der Waals surface area contributed by atoms with Crippen LogP contribution in [0.3, 0.4) is 0 Å². The molecule has 0 radical (unpaired) electrons.